The van der Waals surface area contributed by atoms with Crippen molar-refractivity contribution in [1.29, 1.82) is 0 Å². The first-order valence-corrected chi connectivity index (χ1v) is 5.19. The molecule has 6 nitrogen and oxygen atoms in total. The number of carbonyl (C=O) groups is 2. The number of likely N-dealkylation sites (N-methyl/N-ethyl adjacent to an activating group) is 2. The molecule has 2 unspecified atom stereocenters. The van der Waals surface area contributed by atoms with Crippen molar-refractivity contribution < 1.29 is 14.3 Å². The lowest BCUT2D eigenvalue weighted by atomic mass is 10.3. The monoisotopic (exact) mass is 233 g/mol. The summed E-state index contributed by atoms with van der Waals surface area (Å²) in [6, 6.07) is 0.611. The minimum Gasteiger partial charge on any atom is -0.466 e. The Hall–Kier alpha value is -1.14. The Morgan fingerprint density at radius 1 is 1.12 bits per heavy atom. The van der Waals surface area contributed by atoms with Gasteiger partial charge < -0.3 is 20.7 Å². The van der Waals surface area contributed by atoms with E-state index >= 15 is 0 Å². The van der Waals surface area contributed by atoms with Gasteiger partial charge in [0.2, 0.25) is 6.41 Å². The number of amides is 1. The average Bonchev–Trinajstić information content (AvgIpc) is 2.33. The molecule has 0 aromatic carbocycles. The van der Waals surface area contributed by atoms with E-state index in [-0.39, 0.29) is 6.04 Å². The van der Waals surface area contributed by atoms with Crippen molar-refractivity contribution in [2.45, 2.75) is 25.9 Å². The second-order valence-electron chi connectivity index (χ2n) is 3.34. The molecule has 0 aromatic rings. The highest BCUT2D eigenvalue weighted by Crippen LogP contribution is 1.77. The highest BCUT2D eigenvalue weighted by atomic mass is 16.5. The molecule has 0 saturated carbocycles. The van der Waals surface area contributed by atoms with Gasteiger partial charge in [0, 0.05) is 18.6 Å². The minimum absolute atomic E-state index is 0.250. The molecule has 0 aliphatic heterocycles. The van der Waals surface area contributed by atoms with Crippen LogP contribution in [0.4, 0.5) is 0 Å². The summed E-state index contributed by atoms with van der Waals surface area (Å²) in [4.78, 5) is 19.3. The molecule has 0 aliphatic carbocycles. The summed E-state index contributed by atoms with van der Waals surface area (Å²) in [5, 5.41) is 8.45. The van der Waals surface area contributed by atoms with E-state index in [1.54, 1.807) is 0 Å². The van der Waals surface area contributed by atoms with Crippen LogP contribution in [-0.4, -0.2) is 52.2 Å². The predicted octanol–water partition coefficient (Wildman–Crippen LogP) is -0.892. The SMILES string of the molecule is CNC(C)CNC=O.CNC(C)COC=O. The number of nitrogens with one attached hydrogen (secondary N) is 3. The fourth-order valence-electron chi connectivity index (χ4n) is 0.594. The molecule has 6 heteroatoms. The quantitative estimate of drug-likeness (QED) is 0.474. The number of ether oxygens (including phenoxy) is 1. The largest absolute Gasteiger partial charge is 0.466 e. The zero-order chi connectivity index (χ0) is 12.8. The highest BCUT2D eigenvalue weighted by molar-refractivity contribution is 5.45. The zero-order valence-electron chi connectivity index (χ0n) is 10.4. The Kier molecular flexibility index (Phi) is 15.0. The number of rotatable bonds is 8. The van der Waals surface area contributed by atoms with E-state index in [2.05, 4.69) is 20.7 Å². The van der Waals surface area contributed by atoms with E-state index in [1.165, 1.54) is 0 Å². The highest BCUT2D eigenvalue weighted by Gasteiger charge is 1.94. The fourth-order valence-corrected chi connectivity index (χ4v) is 0.594. The Labute approximate surface area is 97.1 Å². The molecule has 0 aromatic heterocycles. The van der Waals surface area contributed by atoms with E-state index in [0.717, 1.165) is 0 Å². The van der Waals surface area contributed by atoms with Gasteiger partial charge in [-0.15, -0.1) is 0 Å². The predicted molar refractivity (Wildman–Crippen MR) is 63.1 cm³/mol. The molecule has 0 spiro atoms. The van der Waals surface area contributed by atoms with E-state index in [4.69, 9.17) is 0 Å². The molecule has 0 saturated heterocycles. The summed E-state index contributed by atoms with van der Waals surface area (Å²) in [6.07, 6.45) is 0.702. The third kappa shape index (κ3) is 15.3. The van der Waals surface area contributed by atoms with Crippen LogP contribution in [0.15, 0.2) is 0 Å². The van der Waals surface area contributed by atoms with Crippen molar-refractivity contribution in [1.82, 2.24) is 16.0 Å². The average molecular weight is 233 g/mol. The molecule has 0 rings (SSSR count). The molecule has 0 aliphatic rings. The summed E-state index contributed by atoms with van der Waals surface area (Å²) >= 11 is 0. The first kappa shape index (κ1) is 17.3. The van der Waals surface area contributed by atoms with E-state index < -0.39 is 0 Å². The van der Waals surface area contributed by atoms with Crippen molar-refractivity contribution in [3.63, 3.8) is 0 Å². The lowest BCUT2D eigenvalue weighted by molar-refractivity contribution is -0.129. The van der Waals surface area contributed by atoms with Gasteiger partial charge in [-0.3, -0.25) is 9.59 Å². The molecule has 0 bridgehead atoms. The van der Waals surface area contributed by atoms with Crippen molar-refractivity contribution in [3.05, 3.63) is 0 Å². The molecule has 0 radical (unpaired) electrons. The normalized spacial score (nSPS) is 12.8. The Balaban J connectivity index is 0. The zero-order valence-corrected chi connectivity index (χ0v) is 10.4. The molecular formula is C10H23N3O3. The number of hydrogen-bond donors (Lipinski definition) is 3. The maximum Gasteiger partial charge on any atom is 0.293 e. The molecule has 0 heterocycles. The number of hydrogen-bond acceptors (Lipinski definition) is 5. The van der Waals surface area contributed by atoms with Crippen molar-refractivity contribution >= 4 is 12.9 Å². The summed E-state index contributed by atoms with van der Waals surface area (Å²) in [5.74, 6) is 0. The van der Waals surface area contributed by atoms with Gasteiger partial charge in [-0.2, -0.15) is 0 Å². The van der Waals surface area contributed by atoms with E-state index in [9.17, 15) is 9.59 Å². The third-order valence-corrected chi connectivity index (χ3v) is 1.91. The maximum absolute atomic E-state index is 9.69. The van der Waals surface area contributed by atoms with Crippen LogP contribution in [-0.2, 0) is 14.3 Å². The first-order chi connectivity index (χ1) is 7.62. The van der Waals surface area contributed by atoms with Crippen molar-refractivity contribution in [2.24, 2.45) is 0 Å². The van der Waals surface area contributed by atoms with Crippen molar-refractivity contribution in [3.8, 4) is 0 Å². The van der Waals surface area contributed by atoms with Gasteiger partial charge in [0.25, 0.3) is 6.47 Å². The second kappa shape index (κ2) is 13.9. The smallest absolute Gasteiger partial charge is 0.293 e. The summed E-state index contributed by atoms with van der Waals surface area (Å²) in [7, 11) is 3.68. The van der Waals surface area contributed by atoms with Crippen LogP contribution in [0, 0.1) is 0 Å². The summed E-state index contributed by atoms with van der Waals surface area (Å²) in [6.45, 7) is 5.52. The summed E-state index contributed by atoms with van der Waals surface area (Å²) < 4.78 is 4.44. The van der Waals surface area contributed by atoms with Gasteiger partial charge in [-0.05, 0) is 27.9 Å². The van der Waals surface area contributed by atoms with E-state index in [1.807, 2.05) is 27.9 Å². The standard InChI is InChI=1S/C5H12N2O.C5H11NO2/c1-5(6-2)3-7-4-8;1-5(6-2)3-8-4-7/h4-6H,3H2,1-2H3,(H,7,8);4-6H,3H2,1-2H3. The molecule has 1 amide bonds. The van der Waals surface area contributed by atoms with Crippen LogP contribution in [0.3, 0.4) is 0 Å². The third-order valence-electron chi connectivity index (χ3n) is 1.91. The van der Waals surface area contributed by atoms with Gasteiger partial charge in [0.05, 0.1) is 0 Å². The van der Waals surface area contributed by atoms with Crippen LogP contribution in [0.2, 0.25) is 0 Å². The molecule has 3 N–H and O–H groups in total. The van der Waals surface area contributed by atoms with Gasteiger partial charge >= 0.3 is 0 Å². The van der Waals surface area contributed by atoms with Gasteiger partial charge in [-0.1, -0.05) is 0 Å². The van der Waals surface area contributed by atoms with Crippen LogP contribution in [0.25, 0.3) is 0 Å². The van der Waals surface area contributed by atoms with Crippen LogP contribution < -0.4 is 16.0 Å². The van der Waals surface area contributed by atoms with E-state index in [0.29, 0.717) is 32.1 Å². The molecule has 2 atom stereocenters. The molecule has 96 valence electrons. The molecule has 0 fully saturated rings. The Morgan fingerprint density at radius 2 is 1.69 bits per heavy atom. The van der Waals surface area contributed by atoms with Crippen LogP contribution >= 0.6 is 0 Å². The van der Waals surface area contributed by atoms with Crippen LogP contribution in [0.1, 0.15) is 13.8 Å². The Bertz CT molecular complexity index is 149. The summed E-state index contributed by atoms with van der Waals surface area (Å²) in [5.41, 5.74) is 0. The second-order valence-corrected chi connectivity index (χ2v) is 3.34. The first-order valence-electron chi connectivity index (χ1n) is 5.19. The Morgan fingerprint density at radius 3 is 2.06 bits per heavy atom. The molecule has 16 heavy (non-hydrogen) atoms. The van der Waals surface area contributed by atoms with Crippen molar-refractivity contribution in [2.75, 3.05) is 27.2 Å². The minimum atomic E-state index is 0.250. The maximum atomic E-state index is 9.69. The topological polar surface area (TPSA) is 79.5 Å². The van der Waals surface area contributed by atoms with Gasteiger partial charge in [-0.25, -0.2) is 0 Å². The number of carbonyl (C=O) groups excluding carboxylic acids is 2. The van der Waals surface area contributed by atoms with Gasteiger partial charge in [0.1, 0.15) is 6.61 Å². The van der Waals surface area contributed by atoms with Crippen LogP contribution in [0.5, 0.6) is 0 Å². The lowest BCUT2D eigenvalue weighted by Crippen LogP contribution is -2.33. The lowest BCUT2D eigenvalue weighted by Gasteiger charge is -2.06. The molecular weight excluding hydrogens is 210 g/mol. The fraction of sp³-hybridized carbons (Fsp3) is 0.800. The van der Waals surface area contributed by atoms with Gasteiger partial charge in [0.15, 0.2) is 0 Å².